The highest BCUT2D eigenvalue weighted by Crippen LogP contribution is 2.27. The summed E-state index contributed by atoms with van der Waals surface area (Å²) in [4.78, 5) is 6.92. The van der Waals surface area contributed by atoms with E-state index in [4.69, 9.17) is 4.74 Å². The number of nitrogens with zero attached hydrogens (tertiary/aromatic N) is 2. The van der Waals surface area contributed by atoms with Crippen LogP contribution in [-0.4, -0.2) is 56.0 Å². The van der Waals surface area contributed by atoms with E-state index in [0.717, 1.165) is 56.8 Å². The van der Waals surface area contributed by atoms with Crippen molar-refractivity contribution in [1.82, 2.24) is 9.71 Å². The molecule has 2 N–H and O–H groups in total. The molecule has 0 radical (unpaired) electrons. The van der Waals surface area contributed by atoms with Gasteiger partial charge in [0.15, 0.2) is 0 Å². The summed E-state index contributed by atoms with van der Waals surface area (Å²) in [6.45, 7) is 12.0. The zero-order valence-electron chi connectivity index (χ0n) is 19.0. The maximum absolute atomic E-state index is 12.3. The predicted octanol–water partition coefficient (Wildman–Crippen LogP) is 3.38. The first kappa shape index (κ1) is 23.3. The van der Waals surface area contributed by atoms with Gasteiger partial charge in [-0.3, -0.25) is 0 Å². The number of pyridine rings is 1. The Morgan fingerprint density at radius 3 is 2.27 bits per heavy atom. The Hall–Kier alpha value is -1.38. The lowest BCUT2D eigenvalue weighted by molar-refractivity contribution is -0.00545. The summed E-state index contributed by atoms with van der Waals surface area (Å²) >= 11 is 0. The third-order valence-electron chi connectivity index (χ3n) is 6.06. The molecule has 1 aromatic heterocycles. The zero-order chi connectivity index (χ0) is 21.9. The molecule has 0 unspecified atom stereocenters. The van der Waals surface area contributed by atoms with Gasteiger partial charge in [-0.2, -0.15) is 0 Å². The van der Waals surface area contributed by atoms with Crippen LogP contribution in [0.2, 0.25) is 0 Å². The Morgan fingerprint density at radius 2 is 1.73 bits per heavy atom. The quantitative estimate of drug-likeness (QED) is 0.708. The second kappa shape index (κ2) is 9.40. The van der Waals surface area contributed by atoms with Gasteiger partial charge in [-0.25, -0.2) is 18.1 Å². The monoisotopic (exact) mass is 438 g/mol. The Kier molecular flexibility index (Phi) is 7.30. The minimum atomic E-state index is -3.28. The maximum Gasteiger partial charge on any atom is 0.216 e. The average molecular weight is 439 g/mol. The molecule has 30 heavy (non-hydrogen) atoms. The molecule has 0 bridgehead atoms. The summed E-state index contributed by atoms with van der Waals surface area (Å²) in [6.07, 6.45) is 6.19. The maximum atomic E-state index is 12.3. The summed E-state index contributed by atoms with van der Waals surface area (Å²) in [5, 5.41) is 3.51. The van der Waals surface area contributed by atoms with Gasteiger partial charge in [-0.15, -0.1) is 0 Å². The fourth-order valence-electron chi connectivity index (χ4n) is 4.19. The van der Waals surface area contributed by atoms with Crippen LogP contribution >= 0.6 is 0 Å². The molecular formula is C22H38N4O3S. The van der Waals surface area contributed by atoms with Crippen molar-refractivity contribution in [2.75, 3.05) is 29.9 Å². The summed E-state index contributed by atoms with van der Waals surface area (Å²) < 4.78 is 32.6. The van der Waals surface area contributed by atoms with Crippen molar-refractivity contribution in [3.63, 3.8) is 0 Å². The zero-order valence-corrected chi connectivity index (χ0v) is 19.8. The van der Waals surface area contributed by atoms with Gasteiger partial charge < -0.3 is 15.0 Å². The van der Waals surface area contributed by atoms with E-state index in [-0.39, 0.29) is 18.2 Å². The molecule has 0 aromatic carbocycles. The standard InChI is InChI=1S/C22H38N4O3S/c1-16-14-26(15-17(2)29-16)21-11-10-20(13-24-21)23-12-18-6-8-19(9-7-18)25-30(27,28)22(3,4)5/h10-11,13,16-19,23,25H,6-9,12,14-15H2,1-5H3/t16-,17+,18?,19?. The van der Waals surface area contributed by atoms with Gasteiger partial charge in [0.2, 0.25) is 10.0 Å². The largest absolute Gasteiger partial charge is 0.384 e. The van der Waals surface area contributed by atoms with Crippen molar-refractivity contribution >= 4 is 21.5 Å². The minimum Gasteiger partial charge on any atom is -0.384 e. The summed E-state index contributed by atoms with van der Waals surface area (Å²) in [6, 6.07) is 4.23. The second-order valence-electron chi connectivity index (χ2n) is 9.90. The number of morpholine rings is 1. The molecule has 1 aliphatic carbocycles. The molecule has 8 heteroatoms. The molecule has 1 aromatic rings. The number of hydrogen-bond donors (Lipinski definition) is 2. The van der Waals surface area contributed by atoms with Gasteiger partial charge in [0, 0.05) is 25.7 Å². The van der Waals surface area contributed by atoms with Crippen molar-refractivity contribution in [2.24, 2.45) is 5.92 Å². The van der Waals surface area contributed by atoms with Crippen LogP contribution in [0.1, 0.15) is 60.3 Å². The highest BCUT2D eigenvalue weighted by atomic mass is 32.2. The second-order valence-corrected chi connectivity index (χ2v) is 12.4. The smallest absolute Gasteiger partial charge is 0.216 e. The van der Waals surface area contributed by atoms with E-state index < -0.39 is 14.8 Å². The topological polar surface area (TPSA) is 83.6 Å². The van der Waals surface area contributed by atoms with E-state index in [9.17, 15) is 8.42 Å². The molecule has 3 rings (SSSR count). The predicted molar refractivity (Wildman–Crippen MR) is 123 cm³/mol. The SMILES string of the molecule is C[C@@H]1CN(c2ccc(NCC3CCC(NS(=O)(=O)C(C)(C)C)CC3)cn2)C[C@H](C)O1. The van der Waals surface area contributed by atoms with E-state index in [1.807, 2.05) is 6.20 Å². The molecule has 1 saturated carbocycles. The first-order chi connectivity index (χ1) is 14.0. The number of nitrogens with one attached hydrogen (secondary N) is 2. The highest BCUT2D eigenvalue weighted by Gasteiger charge is 2.32. The molecular weight excluding hydrogens is 400 g/mol. The van der Waals surface area contributed by atoms with E-state index in [1.165, 1.54) is 0 Å². The molecule has 0 spiro atoms. The lowest BCUT2D eigenvalue weighted by atomic mass is 9.86. The number of aromatic nitrogens is 1. The van der Waals surface area contributed by atoms with Crippen LogP contribution in [0.5, 0.6) is 0 Å². The van der Waals surface area contributed by atoms with Gasteiger partial charge in [-0.1, -0.05) is 0 Å². The first-order valence-corrected chi connectivity index (χ1v) is 12.6. The van der Waals surface area contributed by atoms with Gasteiger partial charge in [0.1, 0.15) is 5.82 Å². The van der Waals surface area contributed by atoms with Crippen LogP contribution < -0.4 is 14.9 Å². The average Bonchev–Trinajstić information content (AvgIpc) is 2.66. The Morgan fingerprint density at radius 1 is 1.10 bits per heavy atom. The number of hydrogen-bond acceptors (Lipinski definition) is 6. The van der Waals surface area contributed by atoms with Crippen LogP contribution in [0.3, 0.4) is 0 Å². The molecule has 1 aliphatic heterocycles. The van der Waals surface area contributed by atoms with Crippen molar-refractivity contribution in [3.8, 4) is 0 Å². The van der Waals surface area contributed by atoms with Gasteiger partial charge in [0.05, 0.1) is 28.8 Å². The van der Waals surface area contributed by atoms with Crippen LogP contribution in [-0.2, 0) is 14.8 Å². The molecule has 170 valence electrons. The fraction of sp³-hybridized carbons (Fsp3) is 0.773. The number of sulfonamides is 1. The van der Waals surface area contributed by atoms with Crippen molar-refractivity contribution in [3.05, 3.63) is 18.3 Å². The fourth-order valence-corrected chi connectivity index (χ4v) is 5.21. The van der Waals surface area contributed by atoms with Crippen LogP contribution in [0.15, 0.2) is 18.3 Å². The van der Waals surface area contributed by atoms with Crippen molar-refractivity contribution in [2.45, 2.75) is 83.3 Å². The number of ether oxygens (including phenoxy) is 1. The highest BCUT2D eigenvalue weighted by molar-refractivity contribution is 7.90. The van der Waals surface area contributed by atoms with E-state index in [1.54, 1.807) is 20.8 Å². The van der Waals surface area contributed by atoms with E-state index in [0.29, 0.717) is 5.92 Å². The number of rotatable bonds is 6. The van der Waals surface area contributed by atoms with Gasteiger partial charge in [-0.05, 0) is 78.4 Å². The summed E-state index contributed by atoms with van der Waals surface area (Å²) in [7, 11) is -3.28. The minimum absolute atomic E-state index is 0.0599. The van der Waals surface area contributed by atoms with Crippen molar-refractivity contribution < 1.29 is 13.2 Å². The molecule has 1 saturated heterocycles. The molecule has 7 nitrogen and oxygen atoms in total. The Labute approximate surface area is 182 Å². The summed E-state index contributed by atoms with van der Waals surface area (Å²) in [5.74, 6) is 1.55. The molecule has 2 heterocycles. The van der Waals surface area contributed by atoms with Crippen LogP contribution in [0, 0.1) is 5.92 Å². The third-order valence-corrected chi connectivity index (χ3v) is 8.32. The lowest BCUT2D eigenvalue weighted by Gasteiger charge is -2.36. The van der Waals surface area contributed by atoms with Crippen LogP contribution in [0.4, 0.5) is 11.5 Å². The van der Waals surface area contributed by atoms with Gasteiger partial charge >= 0.3 is 0 Å². The lowest BCUT2D eigenvalue weighted by Crippen LogP contribution is -2.46. The molecule has 2 atom stereocenters. The third kappa shape index (κ3) is 6.08. The van der Waals surface area contributed by atoms with Crippen molar-refractivity contribution in [1.29, 1.82) is 0 Å². The molecule has 2 aliphatic rings. The Balaban J connectivity index is 1.44. The van der Waals surface area contributed by atoms with Gasteiger partial charge in [0.25, 0.3) is 0 Å². The van der Waals surface area contributed by atoms with E-state index in [2.05, 4.69) is 45.9 Å². The van der Waals surface area contributed by atoms with E-state index >= 15 is 0 Å². The number of anilines is 2. The molecule has 0 amide bonds. The summed E-state index contributed by atoms with van der Waals surface area (Å²) in [5.41, 5.74) is 1.03. The molecule has 2 fully saturated rings. The normalized spacial score (nSPS) is 28.4. The van der Waals surface area contributed by atoms with Crippen LogP contribution in [0.25, 0.3) is 0 Å². The first-order valence-electron chi connectivity index (χ1n) is 11.2. The Bertz CT molecular complexity index is 774.